The van der Waals surface area contributed by atoms with Crippen LogP contribution in [-0.4, -0.2) is 44.4 Å². The number of furan rings is 1. The second kappa shape index (κ2) is 9.60. The zero-order chi connectivity index (χ0) is 28.0. The van der Waals surface area contributed by atoms with Gasteiger partial charge in [0.1, 0.15) is 28.3 Å². The summed E-state index contributed by atoms with van der Waals surface area (Å²) in [6.07, 6.45) is 1.03. The van der Waals surface area contributed by atoms with E-state index >= 15 is 0 Å². The molecule has 0 atom stereocenters. The number of carbonyl (C=O) groups excluding carboxylic acids is 1. The molecule has 0 spiro atoms. The number of fused-ring (bicyclic) bond motifs is 1. The third-order valence-corrected chi connectivity index (χ3v) is 6.96. The Balaban J connectivity index is 2.00. The van der Waals surface area contributed by atoms with Gasteiger partial charge in [-0.25, -0.2) is 22.4 Å². The van der Waals surface area contributed by atoms with E-state index in [4.69, 9.17) is 9.15 Å². The van der Waals surface area contributed by atoms with Gasteiger partial charge < -0.3 is 14.3 Å². The van der Waals surface area contributed by atoms with Gasteiger partial charge in [0.15, 0.2) is 0 Å². The van der Waals surface area contributed by atoms with Crippen LogP contribution in [0.25, 0.3) is 33.4 Å². The fraction of sp³-hybridized carbons (Fsp3) is 0.214. The van der Waals surface area contributed by atoms with Gasteiger partial charge in [0.2, 0.25) is 10.0 Å². The van der Waals surface area contributed by atoms with E-state index in [0.29, 0.717) is 16.7 Å². The molecule has 3 aromatic carbocycles. The van der Waals surface area contributed by atoms with E-state index in [2.05, 4.69) is 0 Å². The van der Waals surface area contributed by atoms with Crippen LogP contribution in [0.3, 0.4) is 0 Å². The summed E-state index contributed by atoms with van der Waals surface area (Å²) in [7, 11) is -2.38. The first-order valence-electron chi connectivity index (χ1n) is 11.5. The van der Waals surface area contributed by atoms with Gasteiger partial charge in [-0.1, -0.05) is 12.1 Å². The number of ether oxygens (including phenoxy) is 1. The molecule has 0 unspecified atom stereocenters. The van der Waals surface area contributed by atoms with Gasteiger partial charge in [-0.3, -0.25) is 4.31 Å². The number of sulfonamides is 1. The second-order valence-electron chi connectivity index (χ2n) is 9.80. The van der Waals surface area contributed by atoms with Crippen molar-refractivity contribution in [3.05, 3.63) is 77.6 Å². The fourth-order valence-electron chi connectivity index (χ4n) is 3.97. The molecule has 1 heterocycles. The van der Waals surface area contributed by atoms with Crippen molar-refractivity contribution < 1.29 is 36.7 Å². The van der Waals surface area contributed by atoms with E-state index in [1.165, 1.54) is 43.4 Å². The fourth-order valence-corrected chi connectivity index (χ4v) is 4.48. The number of benzene rings is 3. The smallest absolute Gasteiger partial charge is 0.340 e. The maximum atomic E-state index is 13.5. The van der Waals surface area contributed by atoms with Gasteiger partial charge in [-0.2, -0.15) is 0 Å². The van der Waals surface area contributed by atoms with Crippen LogP contribution in [-0.2, 0) is 14.8 Å². The van der Waals surface area contributed by atoms with E-state index in [0.717, 1.165) is 10.6 Å². The van der Waals surface area contributed by atoms with Crippen molar-refractivity contribution >= 4 is 38.6 Å². The van der Waals surface area contributed by atoms with E-state index in [-0.39, 0.29) is 33.5 Å². The minimum absolute atomic E-state index is 0.000106. The first-order chi connectivity index (χ1) is 17.7. The van der Waals surface area contributed by atoms with Gasteiger partial charge in [0.25, 0.3) is 0 Å². The zero-order valence-corrected chi connectivity index (χ0v) is 22.2. The molecule has 0 aliphatic rings. The number of esters is 1. The number of nitrogens with zero attached hydrogens (tertiary/aromatic N) is 1. The molecule has 0 fully saturated rings. The van der Waals surface area contributed by atoms with Crippen LogP contribution >= 0.6 is 0 Å². The van der Waals surface area contributed by atoms with Crippen molar-refractivity contribution in [2.24, 2.45) is 0 Å². The van der Waals surface area contributed by atoms with Crippen molar-refractivity contribution in [2.45, 2.75) is 26.4 Å². The lowest BCUT2D eigenvalue weighted by molar-refractivity contribution is 0.00693. The molecular formula is C28H26FNO7S. The Bertz CT molecular complexity index is 1670. The molecule has 0 bridgehead atoms. The molecule has 10 heteroatoms. The Morgan fingerprint density at radius 1 is 1.00 bits per heavy atom. The molecule has 0 amide bonds. The maximum Gasteiger partial charge on any atom is 0.340 e. The van der Waals surface area contributed by atoms with Crippen LogP contribution in [0, 0.1) is 5.82 Å². The summed E-state index contributed by atoms with van der Waals surface area (Å²) in [5.41, 5.74) is 0.833. The molecule has 0 saturated carbocycles. The maximum absolute atomic E-state index is 13.5. The number of carbonyl (C=O) groups is 2. The topological polar surface area (TPSA) is 114 Å². The van der Waals surface area contributed by atoms with E-state index in [1.807, 2.05) is 0 Å². The normalized spacial score (nSPS) is 11.9. The molecule has 0 aliphatic heterocycles. The summed E-state index contributed by atoms with van der Waals surface area (Å²) < 4.78 is 50.9. The molecule has 4 rings (SSSR count). The molecule has 1 N–H and O–H groups in total. The van der Waals surface area contributed by atoms with Gasteiger partial charge in [0.05, 0.1) is 17.5 Å². The summed E-state index contributed by atoms with van der Waals surface area (Å²) in [5.74, 6) is -2.33. The van der Waals surface area contributed by atoms with Crippen LogP contribution in [0.1, 0.15) is 41.5 Å². The van der Waals surface area contributed by atoms with E-state index < -0.39 is 33.4 Å². The van der Waals surface area contributed by atoms with Crippen LogP contribution < -0.4 is 4.31 Å². The van der Waals surface area contributed by atoms with Gasteiger partial charge >= 0.3 is 11.9 Å². The van der Waals surface area contributed by atoms with Crippen molar-refractivity contribution in [3.8, 4) is 22.5 Å². The highest BCUT2D eigenvalue weighted by molar-refractivity contribution is 7.92. The lowest BCUT2D eigenvalue weighted by atomic mass is 9.97. The molecule has 0 saturated heterocycles. The summed E-state index contributed by atoms with van der Waals surface area (Å²) in [6.45, 7) is 5.23. The monoisotopic (exact) mass is 539 g/mol. The van der Waals surface area contributed by atoms with Crippen molar-refractivity contribution in [1.82, 2.24) is 0 Å². The molecule has 198 valence electrons. The number of carboxylic acids is 1. The predicted molar refractivity (Wildman–Crippen MR) is 142 cm³/mol. The third kappa shape index (κ3) is 5.40. The van der Waals surface area contributed by atoms with Crippen LogP contribution in [0.2, 0.25) is 0 Å². The number of carboxylic acid groups (broad SMARTS) is 1. The van der Waals surface area contributed by atoms with E-state index in [1.54, 1.807) is 45.0 Å². The van der Waals surface area contributed by atoms with Crippen molar-refractivity contribution in [2.75, 3.05) is 17.6 Å². The first-order valence-corrected chi connectivity index (χ1v) is 13.4. The molecule has 0 radical (unpaired) electrons. The number of rotatable bonds is 6. The van der Waals surface area contributed by atoms with Gasteiger partial charge in [0, 0.05) is 29.6 Å². The Morgan fingerprint density at radius 2 is 1.66 bits per heavy atom. The standard InChI is InChI=1S/C28H26FNO7S/c1-28(2,3)37-27(33)18-8-6-7-17(13-18)20-14-21-23(15-22(20)30(4)38(5,34)35)36-25(24(21)26(31)32)16-9-11-19(29)12-10-16/h6-15H,1-5H3,(H,31,32). The number of halogens is 1. The van der Waals surface area contributed by atoms with Crippen LogP contribution in [0.15, 0.2) is 65.1 Å². The summed E-state index contributed by atoms with van der Waals surface area (Å²) in [4.78, 5) is 25.1. The highest BCUT2D eigenvalue weighted by atomic mass is 32.2. The predicted octanol–water partition coefficient (Wildman–Crippen LogP) is 5.96. The van der Waals surface area contributed by atoms with E-state index in [9.17, 15) is 27.5 Å². The lowest BCUT2D eigenvalue weighted by Gasteiger charge is -2.21. The molecule has 0 aliphatic carbocycles. The molecule has 1 aromatic heterocycles. The van der Waals surface area contributed by atoms with Crippen molar-refractivity contribution in [3.63, 3.8) is 0 Å². The number of hydrogen-bond donors (Lipinski definition) is 1. The number of aromatic carboxylic acids is 1. The molecule has 4 aromatic rings. The van der Waals surface area contributed by atoms with Crippen LogP contribution in [0.5, 0.6) is 0 Å². The van der Waals surface area contributed by atoms with Gasteiger partial charge in [-0.15, -0.1) is 0 Å². The Hall–Kier alpha value is -4.18. The summed E-state index contributed by atoms with van der Waals surface area (Å²) >= 11 is 0. The minimum atomic E-state index is -3.74. The third-order valence-electron chi connectivity index (χ3n) is 5.77. The second-order valence-corrected chi connectivity index (χ2v) is 11.8. The Labute approximate surface area is 219 Å². The van der Waals surface area contributed by atoms with Crippen molar-refractivity contribution in [1.29, 1.82) is 0 Å². The zero-order valence-electron chi connectivity index (χ0n) is 21.4. The largest absolute Gasteiger partial charge is 0.478 e. The summed E-state index contributed by atoms with van der Waals surface area (Å²) in [5, 5.41) is 10.3. The molecular weight excluding hydrogens is 513 g/mol. The quantitative estimate of drug-likeness (QED) is 0.301. The van der Waals surface area contributed by atoms with Crippen LogP contribution in [0.4, 0.5) is 10.1 Å². The highest BCUT2D eigenvalue weighted by Gasteiger charge is 2.26. The Morgan fingerprint density at radius 3 is 2.24 bits per heavy atom. The number of hydrogen-bond acceptors (Lipinski definition) is 6. The molecule has 8 nitrogen and oxygen atoms in total. The Kier molecular flexibility index (Phi) is 6.79. The first kappa shape index (κ1) is 26.9. The highest BCUT2D eigenvalue weighted by Crippen LogP contribution is 2.41. The molecule has 38 heavy (non-hydrogen) atoms. The average molecular weight is 540 g/mol. The summed E-state index contributed by atoms with van der Waals surface area (Å²) in [6, 6.07) is 14.5. The SMILES string of the molecule is CN(c1cc2oc(-c3ccc(F)cc3)c(C(=O)O)c2cc1-c1cccc(C(=O)OC(C)(C)C)c1)S(C)(=O)=O. The minimum Gasteiger partial charge on any atom is -0.478 e. The van der Waals surface area contributed by atoms with Gasteiger partial charge in [-0.05, 0) is 68.8 Å². The lowest BCUT2D eigenvalue weighted by Crippen LogP contribution is -2.25. The number of anilines is 1. The average Bonchev–Trinajstić information content (AvgIpc) is 3.20.